The lowest BCUT2D eigenvalue weighted by molar-refractivity contribution is -0.140. The van der Waals surface area contributed by atoms with Crippen LogP contribution in [0.1, 0.15) is 13.3 Å². The lowest BCUT2D eigenvalue weighted by Gasteiger charge is -2.15. The molecule has 0 aliphatic rings. The van der Waals surface area contributed by atoms with Crippen molar-refractivity contribution in [1.82, 2.24) is 0 Å². The molecule has 0 heterocycles. The highest BCUT2D eigenvalue weighted by atomic mass is 79.9. The fraction of sp³-hybridized carbons (Fsp3) is 0.364. The molecule has 1 atom stereocenters. The summed E-state index contributed by atoms with van der Waals surface area (Å²) in [6, 6.07) is 5.53. The van der Waals surface area contributed by atoms with Crippen LogP contribution in [0.2, 0.25) is 5.02 Å². The van der Waals surface area contributed by atoms with Crippen LogP contribution in [-0.2, 0) is 9.53 Å². The summed E-state index contributed by atoms with van der Waals surface area (Å²) in [7, 11) is 1.38. The summed E-state index contributed by atoms with van der Waals surface area (Å²) in [4.78, 5) is 11.0. The second kappa shape index (κ2) is 6.11. The van der Waals surface area contributed by atoms with Gasteiger partial charge in [0.25, 0.3) is 0 Å². The summed E-state index contributed by atoms with van der Waals surface area (Å²) in [5.74, 6) is -0.242. The third-order valence-corrected chi connectivity index (χ3v) is 2.84. The molecule has 16 heavy (non-hydrogen) atoms. The molecule has 0 fully saturated rings. The fourth-order valence-electron chi connectivity index (χ4n) is 1.26. The van der Waals surface area contributed by atoms with Gasteiger partial charge in [0, 0.05) is 10.5 Å². The third-order valence-electron chi connectivity index (χ3n) is 2.03. The molecule has 0 radical (unpaired) electrons. The third kappa shape index (κ3) is 4.02. The van der Waals surface area contributed by atoms with E-state index in [-0.39, 0.29) is 12.0 Å². The van der Waals surface area contributed by atoms with Gasteiger partial charge in [0.2, 0.25) is 0 Å². The minimum atomic E-state index is -0.242. The molecule has 5 heteroatoms. The number of esters is 1. The first-order valence-electron chi connectivity index (χ1n) is 4.81. The second-order valence-corrected chi connectivity index (χ2v) is 4.77. The van der Waals surface area contributed by atoms with Crippen LogP contribution < -0.4 is 5.32 Å². The molecule has 0 spiro atoms. The predicted octanol–water partition coefficient (Wildman–Crippen LogP) is 3.47. The Kier molecular flexibility index (Phi) is 5.09. The number of hydrogen-bond donors (Lipinski definition) is 1. The number of ether oxygens (including phenoxy) is 1. The van der Waals surface area contributed by atoms with Gasteiger partial charge in [-0.2, -0.15) is 0 Å². The van der Waals surface area contributed by atoms with E-state index in [0.29, 0.717) is 11.4 Å². The van der Waals surface area contributed by atoms with Gasteiger partial charge in [-0.25, -0.2) is 0 Å². The summed E-state index contributed by atoms with van der Waals surface area (Å²) in [6.07, 6.45) is 0.308. The Bertz CT molecular complexity index is 384. The van der Waals surface area contributed by atoms with Crippen molar-refractivity contribution in [2.24, 2.45) is 0 Å². The smallest absolute Gasteiger partial charge is 0.307 e. The van der Waals surface area contributed by atoms with Crippen molar-refractivity contribution in [2.75, 3.05) is 12.4 Å². The topological polar surface area (TPSA) is 38.3 Å². The number of halogens is 2. The van der Waals surface area contributed by atoms with E-state index in [1.807, 2.05) is 19.1 Å². The molecule has 0 saturated heterocycles. The lowest BCUT2D eigenvalue weighted by Crippen LogP contribution is -2.20. The van der Waals surface area contributed by atoms with E-state index < -0.39 is 0 Å². The standard InChI is InChI=1S/C11H13BrClNO2/c1-7(5-11(15)16-2)14-10-4-3-8(12)6-9(10)13/h3-4,6-7,14H,5H2,1-2H3. The number of rotatable bonds is 4. The van der Waals surface area contributed by atoms with Crippen molar-refractivity contribution in [2.45, 2.75) is 19.4 Å². The molecule has 0 aliphatic heterocycles. The molecule has 0 aliphatic carbocycles. The number of hydrogen-bond acceptors (Lipinski definition) is 3. The van der Waals surface area contributed by atoms with Gasteiger partial charge in [0.15, 0.2) is 0 Å². The summed E-state index contributed by atoms with van der Waals surface area (Å²) in [6.45, 7) is 1.90. The zero-order valence-corrected chi connectivity index (χ0v) is 11.4. The van der Waals surface area contributed by atoms with Crippen LogP contribution in [0.25, 0.3) is 0 Å². The van der Waals surface area contributed by atoms with Crippen LogP contribution in [0.15, 0.2) is 22.7 Å². The molecule has 1 N–H and O–H groups in total. The maximum Gasteiger partial charge on any atom is 0.307 e. The van der Waals surface area contributed by atoms with Gasteiger partial charge in [0.1, 0.15) is 0 Å². The van der Waals surface area contributed by atoms with E-state index in [1.165, 1.54) is 7.11 Å². The Hall–Kier alpha value is -0.740. The predicted molar refractivity (Wildman–Crippen MR) is 68.9 cm³/mol. The fourth-order valence-corrected chi connectivity index (χ4v) is 1.98. The van der Waals surface area contributed by atoms with Gasteiger partial charge in [0.05, 0.1) is 24.2 Å². The molecule has 1 aromatic rings. The normalized spacial score (nSPS) is 12.0. The summed E-state index contributed by atoms with van der Waals surface area (Å²) in [5, 5.41) is 3.77. The Morgan fingerprint density at radius 1 is 1.62 bits per heavy atom. The Morgan fingerprint density at radius 3 is 2.88 bits per heavy atom. The maximum absolute atomic E-state index is 11.0. The quantitative estimate of drug-likeness (QED) is 0.866. The van der Waals surface area contributed by atoms with E-state index in [0.717, 1.165) is 10.2 Å². The summed E-state index contributed by atoms with van der Waals surface area (Å²) >= 11 is 9.36. The second-order valence-electron chi connectivity index (χ2n) is 3.45. The van der Waals surface area contributed by atoms with Gasteiger partial charge in [-0.1, -0.05) is 27.5 Å². The van der Waals surface area contributed by atoms with E-state index in [1.54, 1.807) is 6.07 Å². The van der Waals surface area contributed by atoms with E-state index in [2.05, 4.69) is 26.0 Å². The largest absolute Gasteiger partial charge is 0.469 e. The van der Waals surface area contributed by atoms with Crippen molar-refractivity contribution in [3.8, 4) is 0 Å². The molecule has 1 unspecified atom stereocenters. The average molecular weight is 307 g/mol. The number of carbonyl (C=O) groups is 1. The zero-order valence-electron chi connectivity index (χ0n) is 9.09. The SMILES string of the molecule is COC(=O)CC(C)Nc1ccc(Br)cc1Cl. The van der Waals surface area contributed by atoms with Gasteiger partial charge < -0.3 is 10.1 Å². The number of benzene rings is 1. The highest BCUT2D eigenvalue weighted by Gasteiger charge is 2.10. The average Bonchev–Trinajstić information content (AvgIpc) is 2.22. The molecular formula is C11H13BrClNO2. The van der Waals surface area contributed by atoms with E-state index in [4.69, 9.17) is 11.6 Å². The molecular weight excluding hydrogens is 293 g/mol. The van der Waals surface area contributed by atoms with Crippen LogP contribution in [0.4, 0.5) is 5.69 Å². The van der Waals surface area contributed by atoms with Gasteiger partial charge >= 0.3 is 5.97 Å². The first-order valence-corrected chi connectivity index (χ1v) is 5.98. The van der Waals surface area contributed by atoms with Crippen molar-refractivity contribution < 1.29 is 9.53 Å². The van der Waals surface area contributed by atoms with Gasteiger partial charge in [-0.3, -0.25) is 4.79 Å². The molecule has 0 saturated carbocycles. The lowest BCUT2D eigenvalue weighted by atomic mass is 10.2. The number of anilines is 1. The van der Waals surface area contributed by atoms with Crippen molar-refractivity contribution >= 4 is 39.2 Å². The highest BCUT2D eigenvalue weighted by Crippen LogP contribution is 2.26. The highest BCUT2D eigenvalue weighted by molar-refractivity contribution is 9.10. The molecule has 0 bridgehead atoms. The molecule has 88 valence electrons. The number of methoxy groups -OCH3 is 1. The molecule has 3 nitrogen and oxygen atoms in total. The first-order chi connectivity index (χ1) is 7.52. The van der Waals surface area contributed by atoms with Crippen LogP contribution >= 0.6 is 27.5 Å². The minimum absolute atomic E-state index is 0.0221. The molecule has 0 amide bonds. The monoisotopic (exact) mass is 305 g/mol. The van der Waals surface area contributed by atoms with Crippen molar-refractivity contribution in [1.29, 1.82) is 0 Å². The summed E-state index contributed by atoms with van der Waals surface area (Å²) in [5.41, 5.74) is 0.807. The van der Waals surface area contributed by atoms with Gasteiger partial charge in [-0.05, 0) is 25.1 Å². The van der Waals surface area contributed by atoms with Crippen LogP contribution in [0, 0.1) is 0 Å². The molecule has 0 aromatic heterocycles. The van der Waals surface area contributed by atoms with Crippen LogP contribution in [0.5, 0.6) is 0 Å². The van der Waals surface area contributed by atoms with Crippen LogP contribution in [0.3, 0.4) is 0 Å². The van der Waals surface area contributed by atoms with Crippen LogP contribution in [-0.4, -0.2) is 19.1 Å². The molecule has 1 aromatic carbocycles. The number of carbonyl (C=O) groups excluding carboxylic acids is 1. The number of nitrogens with one attached hydrogen (secondary N) is 1. The first kappa shape index (κ1) is 13.3. The Balaban J connectivity index is 2.62. The van der Waals surface area contributed by atoms with E-state index >= 15 is 0 Å². The maximum atomic E-state index is 11.0. The van der Waals surface area contributed by atoms with Crippen molar-refractivity contribution in [3.05, 3.63) is 27.7 Å². The van der Waals surface area contributed by atoms with Gasteiger partial charge in [-0.15, -0.1) is 0 Å². The van der Waals surface area contributed by atoms with E-state index in [9.17, 15) is 4.79 Å². The Morgan fingerprint density at radius 2 is 2.31 bits per heavy atom. The van der Waals surface area contributed by atoms with Crippen molar-refractivity contribution in [3.63, 3.8) is 0 Å². The summed E-state index contributed by atoms with van der Waals surface area (Å²) < 4.78 is 5.51. The minimum Gasteiger partial charge on any atom is -0.469 e. The molecule has 1 rings (SSSR count). The zero-order chi connectivity index (χ0) is 12.1. The Labute approximate surface area is 108 Å².